The van der Waals surface area contributed by atoms with Crippen molar-refractivity contribution in [1.82, 2.24) is 5.32 Å². The lowest BCUT2D eigenvalue weighted by Gasteiger charge is -2.22. The van der Waals surface area contributed by atoms with Crippen LogP contribution in [0.3, 0.4) is 0 Å². The van der Waals surface area contributed by atoms with E-state index in [0.717, 1.165) is 11.3 Å². The molecule has 0 unspecified atom stereocenters. The molecule has 0 aliphatic rings. The Bertz CT molecular complexity index is 744. The molecule has 0 radical (unpaired) electrons. The Balaban J connectivity index is 1.82. The molecule has 2 rings (SSSR count). The summed E-state index contributed by atoms with van der Waals surface area (Å²) in [5.74, 6) is 0.972. The second kappa shape index (κ2) is 9.46. The highest BCUT2D eigenvalue weighted by Gasteiger charge is 2.12. The van der Waals surface area contributed by atoms with Gasteiger partial charge in [-0.05, 0) is 31.2 Å². The van der Waals surface area contributed by atoms with Crippen molar-refractivity contribution in [3.8, 4) is 11.5 Å². The van der Waals surface area contributed by atoms with Gasteiger partial charge < -0.3 is 19.7 Å². The lowest BCUT2D eigenvalue weighted by atomic mass is 10.2. The summed E-state index contributed by atoms with van der Waals surface area (Å²) in [6.07, 6.45) is 0. The molecule has 6 heteroatoms. The molecule has 26 heavy (non-hydrogen) atoms. The van der Waals surface area contributed by atoms with E-state index in [-0.39, 0.29) is 18.4 Å². The zero-order valence-corrected chi connectivity index (χ0v) is 15.3. The van der Waals surface area contributed by atoms with Gasteiger partial charge >= 0.3 is 0 Å². The highest BCUT2D eigenvalue weighted by Crippen LogP contribution is 2.20. The third-order valence-electron chi connectivity index (χ3n) is 3.79. The molecule has 0 bridgehead atoms. The first-order valence-corrected chi connectivity index (χ1v) is 8.38. The van der Waals surface area contributed by atoms with E-state index in [1.807, 2.05) is 49.4 Å². The molecule has 2 aromatic rings. The van der Waals surface area contributed by atoms with E-state index < -0.39 is 0 Å². The molecule has 0 atom stereocenters. The summed E-state index contributed by atoms with van der Waals surface area (Å²) >= 11 is 0. The topological polar surface area (TPSA) is 67.9 Å². The minimum Gasteiger partial charge on any atom is -0.497 e. The van der Waals surface area contributed by atoms with Gasteiger partial charge in [0.15, 0.2) is 6.61 Å². The smallest absolute Gasteiger partial charge is 0.258 e. The van der Waals surface area contributed by atoms with Crippen LogP contribution in [0.1, 0.15) is 12.5 Å². The zero-order valence-electron chi connectivity index (χ0n) is 15.3. The predicted octanol–water partition coefficient (Wildman–Crippen LogP) is 2.55. The van der Waals surface area contributed by atoms with Crippen LogP contribution in [0.2, 0.25) is 0 Å². The minimum absolute atomic E-state index is 0.0672. The zero-order chi connectivity index (χ0) is 18.9. The van der Waals surface area contributed by atoms with Crippen LogP contribution in [0.25, 0.3) is 0 Å². The van der Waals surface area contributed by atoms with Crippen molar-refractivity contribution in [3.63, 3.8) is 0 Å². The standard InChI is InChI=1S/C20H24N2O4/c1-15-7-9-18(10-8-15)26-14-20(24)21-11-12-22(16(2)23)17-5-4-6-19(13-17)25-3/h4-10,13H,11-12,14H2,1-3H3,(H,21,24). The summed E-state index contributed by atoms with van der Waals surface area (Å²) in [5, 5.41) is 2.76. The van der Waals surface area contributed by atoms with Crippen LogP contribution in [-0.4, -0.2) is 38.6 Å². The second-order valence-corrected chi connectivity index (χ2v) is 5.82. The third kappa shape index (κ3) is 5.81. The first-order valence-electron chi connectivity index (χ1n) is 8.38. The fourth-order valence-electron chi connectivity index (χ4n) is 2.39. The van der Waals surface area contributed by atoms with Gasteiger partial charge in [-0.3, -0.25) is 9.59 Å². The predicted molar refractivity (Wildman–Crippen MR) is 101 cm³/mol. The highest BCUT2D eigenvalue weighted by atomic mass is 16.5. The number of hydrogen-bond acceptors (Lipinski definition) is 4. The van der Waals surface area contributed by atoms with E-state index in [1.54, 1.807) is 18.1 Å². The number of benzene rings is 2. The van der Waals surface area contributed by atoms with E-state index >= 15 is 0 Å². The van der Waals surface area contributed by atoms with Gasteiger partial charge in [-0.1, -0.05) is 23.8 Å². The van der Waals surface area contributed by atoms with Gasteiger partial charge in [0.25, 0.3) is 5.91 Å². The van der Waals surface area contributed by atoms with Crippen LogP contribution < -0.4 is 19.7 Å². The molecule has 1 N–H and O–H groups in total. The monoisotopic (exact) mass is 356 g/mol. The molecule has 6 nitrogen and oxygen atoms in total. The number of ether oxygens (including phenoxy) is 2. The van der Waals surface area contributed by atoms with Crippen LogP contribution in [0.5, 0.6) is 11.5 Å². The fraction of sp³-hybridized carbons (Fsp3) is 0.300. The molecule has 2 aromatic carbocycles. The molecule has 0 saturated carbocycles. The van der Waals surface area contributed by atoms with E-state index in [4.69, 9.17) is 9.47 Å². The Labute approximate surface area is 153 Å². The van der Waals surface area contributed by atoms with E-state index in [0.29, 0.717) is 24.6 Å². The average molecular weight is 356 g/mol. The van der Waals surface area contributed by atoms with Crippen molar-refractivity contribution in [3.05, 3.63) is 54.1 Å². The Kier molecular flexibility index (Phi) is 7.02. The Morgan fingerprint density at radius 3 is 2.46 bits per heavy atom. The number of aryl methyl sites for hydroxylation is 1. The van der Waals surface area contributed by atoms with E-state index in [9.17, 15) is 9.59 Å². The van der Waals surface area contributed by atoms with E-state index in [1.165, 1.54) is 6.92 Å². The molecule has 0 aliphatic carbocycles. The number of carbonyl (C=O) groups excluding carboxylic acids is 2. The van der Waals surface area contributed by atoms with Crippen LogP contribution in [0.15, 0.2) is 48.5 Å². The van der Waals surface area contributed by atoms with Gasteiger partial charge in [-0.15, -0.1) is 0 Å². The molecule has 0 fully saturated rings. The fourth-order valence-corrected chi connectivity index (χ4v) is 2.39. The SMILES string of the molecule is COc1cccc(N(CCNC(=O)COc2ccc(C)cc2)C(C)=O)c1. The first-order chi connectivity index (χ1) is 12.5. The normalized spacial score (nSPS) is 10.1. The summed E-state index contributed by atoms with van der Waals surface area (Å²) in [6.45, 7) is 4.09. The lowest BCUT2D eigenvalue weighted by Crippen LogP contribution is -2.39. The Morgan fingerprint density at radius 1 is 1.08 bits per heavy atom. The molecule has 0 aromatic heterocycles. The summed E-state index contributed by atoms with van der Waals surface area (Å²) in [7, 11) is 1.57. The van der Waals surface area contributed by atoms with Crippen molar-refractivity contribution >= 4 is 17.5 Å². The van der Waals surface area contributed by atoms with Gasteiger partial charge in [0.05, 0.1) is 7.11 Å². The van der Waals surface area contributed by atoms with Gasteiger partial charge in [-0.2, -0.15) is 0 Å². The van der Waals surface area contributed by atoms with Crippen molar-refractivity contribution in [2.75, 3.05) is 31.7 Å². The molecule has 138 valence electrons. The molecule has 0 saturated heterocycles. The molecule has 0 heterocycles. The van der Waals surface area contributed by atoms with Gasteiger partial charge in [-0.25, -0.2) is 0 Å². The average Bonchev–Trinajstić information content (AvgIpc) is 2.64. The Hall–Kier alpha value is -3.02. The molecule has 0 aliphatic heterocycles. The summed E-state index contributed by atoms with van der Waals surface area (Å²) in [4.78, 5) is 25.4. The van der Waals surface area contributed by atoms with Gasteiger partial charge in [0.1, 0.15) is 11.5 Å². The van der Waals surface area contributed by atoms with Gasteiger partial charge in [0, 0.05) is 31.8 Å². The summed E-state index contributed by atoms with van der Waals surface area (Å²) in [5.41, 5.74) is 1.85. The maximum Gasteiger partial charge on any atom is 0.258 e. The van der Waals surface area contributed by atoms with Crippen molar-refractivity contribution in [2.45, 2.75) is 13.8 Å². The van der Waals surface area contributed by atoms with Crippen LogP contribution in [-0.2, 0) is 9.59 Å². The largest absolute Gasteiger partial charge is 0.497 e. The number of carbonyl (C=O) groups is 2. The maximum atomic E-state index is 11.9. The quantitative estimate of drug-likeness (QED) is 0.789. The second-order valence-electron chi connectivity index (χ2n) is 5.82. The van der Waals surface area contributed by atoms with Crippen molar-refractivity contribution in [2.24, 2.45) is 0 Å². The van der Waals surface area contributed by atoms with Crippen molar-refractivity contribution < 1.29 is 19.1 Å². The number of hydrogen-bond donors (Lipinski definition) is 1. The van der Waals surface area contributed by atoms with Gasteiger partial charge in [0.2, 0.25) is 5.91 Å². The third-order valence-corrected chi connectivity index (χ3v) is 3.79. The van der Waals surface area contributed by atoms with Crippen LogP contribution >= 0.6 is 0 Å². The van der Waals surface area contributed by atoms with Crippen LogP contribution in [0, 0.1) is 6.92 Å². The number of nitrogens with one attached hydrogen (secondary N) is 1. The molecular weight excluding hydrogens is 332 g/mol. The molecular formula is C20H24N2O4. The number of rotatable bonds is 8. The molecule has 0 spiro atoms. The highest BCUT2D eigenvalue weighted by molar-refractivity contribution is 5.91. The maximum absolute atomic E-state index is 11.9. The molecule has 2 amide bonds. The van der Waals surface area contributed by atoms with Crippen LogP contribution in [0.4, 0.5) is 5.69 Å². The number of nitrogens with zero attached hydrogens (tertiary/aromatic N) is 1. The number of anilines is 1. The van der Waals surface area contributed by atoms with E-state index in [2.05, 4.69) is 5.32 Å². The first kappa shape index (κ1) is 19.3. The number of amides is 2. The summed E-state index contributed by atoms with van der Waals surface area (Å²) < 4.78 is 10.6. The Morgan fingerprint density at radius 2 is 1.81 bits per heavy atom. The minimum atomic E-state index is -0.236. The van der Waals surface area contributed by atoms with Crippen molar-refractivity contribution in [1.29, 1.82) is 0 Å². The number of methoxy groups -OCH3 is 1. The summed E-state index contributed by atoms with van der Waals surface area (Å²) in [6, 6.07) is 14.7. The lowest BCUT2D eigenvalue weighted by molar-refractivity contribution is -0.123.